The molecule has 0 bridgehead atoms. The van der Waals surface area contributed by atoms with E-state index in [1.807, 2.05) is 0 Å². The van der Waals surface area contributed by atoms with Crippen molar-refractivity contribution in [1.82, 2.24) is 0 Å². The van der Waals surface area contributed by atoms with Gasteiger partial charge >= 0.3 is 64.6 Å². The first-order valence-electron chi connectivity index (χ1n) is 11.3. The van der Waals surface area contributed by atoms with Gasteiger partial charge in [-0.25, -0.2) is 0 Å². The van der Waals surface area contributed by atoms with E-state index in [-0.39, 0.29) is 35.2 Å². The third kappa shape index (κ3) is 47.9. The number of hydrogen-bond acceptors (Lipinski definition) is 9. The molecule has 0 spiro atoms. The van der Waals surface area contributed by atoms with Gasteiger partial charge in [0.15, 0.2) is 0 Å². The molecular formula is C22H45O6S3Sn. The topological polar surface area (TPSA) is 78.9 Å². The molecule has 0 aliphatic heterocycles. The normalized spacial score (nSPS) is 9.00. The third-order valence-corrected chi connectivity index (χ3v) is 4.98. The van der Waals surface area contributed by atoms with Crippen molar-refractivity contribution in [3.8, 4) is 0 Å². The first kappa shape index (κ1) is 39.5. The fourth-order valence-electron chi connectivity index (χ4n) is 1.30. The molecule has 0 unspecified atom stereocenters. The van der Waals surface area contributed by atoms with Crippen LogP contribution in [0.5, 0.6) is 0 Å². The zero-order chi connectivity index (χ0) is 25.5. The van der Waals surface area contributed by atoms with Crippen LogP contribution in [0.15, 0.2) is 0 Å². The molecule has 0 aromatic carbocycles. The van der Waals surface area contributed by atoms with E-state index in [1.165, 1.54) is 17.3 Å². The fraction of sp³-hybridized carbons (Fsp3) is 0.864. The molecule has 32 heavy (non-hydrogen) atoms. The average Bonchev–Trinajstić information content (AvgIpc) is 2.81. The zero-order valence-electron chi connectivity index (χ0n) is 20.4. The molecule has 0 heterocycles. The van der Waals surface area contributed by atoms with Gasteiger partial charge in [0.2, 0.25) is 0 Å². The van der Waals surface area contributed by atoms with Crippen molar-refractivity contribution in [3.63, 3.8) is 0 Å². The standard InChI is InChI=1S/3C6H12O2S.C4H9.Sn/c3*1-2-3-4-8-6(7)5-9;1-3-4-2;/h3*9H,2-5H2,1H3;1,3-4H2,2H3;. The molecule has 0 amide bonds. The van der Waals surface area contributed by atoms with Crippen molar-refractivity contribution in [2.45, 2.75) is 83.5 Å². The summed E-state index contributed by atoms with van der Waals surface area (Å²) in [5, 5.41) is 0. The fourth-order valence-corrected chi connectivity index (χ4v) is 2.59. The summed E-state index contributed by atoms with van der Waals surface area (Å²) in [6.45, 7) is 9.99. The molecule has 0 N–H and O–H groups in total. The second kappa shape index (κ2) is 38.5. The Kier molecular flexibility index (Phi) is 47.5. The van der Waals surface area contributed by atoms with E-state index < -0.39 is 0 Å². The van der Waals surface area contributed by atoms with Crippen LogP contribution in [0.25, 0.3) is 0 Å². The van der Waals surface area contributed by atoms with E-state index in [1.54, 1.807) is 22.5 Å². The number of carbonyl (C=O) groups excluding carboxylic acids is 3. The van der Waals surface area contributed by atoms with Gasteiger partial charge in [-0.3, -0.25) is 14.4 Å². The summed E-state index contributed by atoms with van der Waals surface area (Å²) < 4.78 is 15.6. The number of hydrogen-bond donors (Lipinski definition) is 3. The predicted octanol–water partition coefficient (Wildman–Crippen LogP) is 5.15. The average molecular weight is 621 g/mol. The van der Waals surface area contributed by atoms with Crippen molar-refractivity contribution >= 4 is 78.3 Å². The van der Waals surface area contributed by atoms with Gasteiger partial charge in [-0.1, -0.05) is 40.0 Å². The molecule has 6 nitrogen and oxygen atoms in total. The van der Waals surface area contributed by atoms with Crippen molar-refractivity contribution in [2.75, 3.05) is 37.1 Å². The Morgan fingerprint density at radius 3 is 0.938 bits per heavy atom. The molecule has 3 radical (unpaired) electrons. The second-order valence-corrected chi connectivity index (χ2v) is 8.68. The molecule has 0 aromatic heterocycles. The number of carbonyl (C=O) groups is 3. The summed E-state index contributed by atoms with van der Waals surface area (Å²) in [6.07, 6.45) is 8.79. The maximum atomic E-state index is 10.4. The zero-order valence-corrected chi connectivity index (χ0v) is 25.9. The van der Waals surface area contributed by atoms with Crippen LogP contribution < -0.4 is 0 Å². The van der Waals surface area contributed by atoms with Crippen molar-refractivity contribution < 1.29 is 28.6 Å². The number of unbranched alkanes of at least 4 members (excludes halogenated alkanes) is 4. The summed E-state index contributed by atoms with van der Waals surface area (Å²) in [6, 6.07) is 0. The van der Waals surface area contributed by atoms with Crippen LogP contribution in [0.1, 0.15) is 79.1 Å². The number of ether oxygens (including phenoxy) is 3. The Bertz CT molecular complexity index is 348. The summed E-state index contributed by atoms with van der Waals surface area (Å²) >= 11 is 12.9. The molecule has 0 saturated heterocycles. The van der Waals surface area contributed by atoms with Crippen LogP contribution in [0.3, 0.4) is 0 Å². The van der Waals surface area contributed by atoms with Crippen molar-refractivity contribution in [3.05, 3.63) is 0 Å². The van der Waals surface area contributed by atoms with Gasteiger partial charge in [-0.2, -0.15) is 37.9 Å². The predicted molar refractivity (Wildman–Crippen MR) is 145 cm³/mol. The van der Waals surface area contributed by atoms with E-state index in [2.05, 4.69) is 65.6 Å². The van der Waals surface area contributed by atoms with Gasteiger partial charge in [-0.05, 0) is 19.3 Å². The van der Waals surface area contributed by atoms with Crippen LogP contribution in [-0.2, 0) is 28.6 Å². The first-order valence-corrected chi connectivity index (χ1v) is 15.2. The van der Waals surface area contributed by atoms with Gasteiger partial charge < -0.3 is 14.2 Å². The molecule has 0 rings (SSSR count). The molecule has 0 atom stereocenters. The Morgan fingerprint density at radius 1 is 0.562 bits per heavy atom. The minimum absolute atomic E-state index is 0.184. The van der Waals surface area contributed by atoms with Crippen molar-refractivity contribution in [1.29, 1.82) is 0 Å². The van der Waals surface area contributed by atoms with E-state index in [4.69, 9.17) is 14.2 Å². The Balaban J connectivity index is -0.000000167. The van der Waals surface area contributed by atoms with Gasteiger partial charge in [0.1, 0.15) is 0 Å². The summed E-state index contributed by atoms with van der Waals surface area (Å²) in [7, 11) is 0. The van der Waals surface area contributed by atoms with Crippen LogP contribution in [0.2, 0.25) is 4.44 Å². The van der Waals surface area contributed by atoms with Crippen LogP contribution in [0, 0.1) is 0 Å². The minimum atomic E-state index is -0.230. The monoisotopic (exact) mass is 621 g/mol. The number of esters is 3. The van der Waals surface area contributed by atoms with Gasteiger partial charge in [0.25, 0.3) is 0 Å². The number of thiol groups is 3. The molecular weight excluding hydrogens is 575 g/mol. The first-order chi connectivity index (χ1) is 15.3. The van der Waals surface area contributed by atoms with Gasteiger partial charge in [0.05, 0.1) is 37.1 Å². The molecule has 0 aliphatic rings. The SMILES string of the molecule is CCCCOC(=O)CS.CCCCOC(=O)CS.CCCCOC(=O)CS.CCC[CH2][Sn]. The van der Waals surface area contributed by atoms with E-state index in [0.29, 0.717) is 19.8 Å². The third-order valence-electron chi connectivity index (χ3n) is 3.20. The molecule has 0 aliphatic carbocycles. The summed E-state index contributed by atoms with van der Waals surface area (Å²) in [4.78, 5) is 31.2. The Morgan fingerprint density at radius 2 is 0.812 bits per heavy atom. The summed E-state index contributed by atoms with van der Waals surface area (Å²) in [5.41, 5.74) is 0. The molecule has 191 valence electrons. The van der Waals surface area contributed by atoms with E-state index in [0.717, 1.165) is 38.5 Å². The summed E-state index contributed by atoms with van der Waals surface area (Å²) in [5.74, 6) is -0.137. The quantitative estimate of drug-likeness (QED) is 0.0820. The van der Waals surface area contributed by atoms with E-state index in [9.17, 15) is 14.4 Å². The van der Waals surface area contributed by atoms with E-state index >= 15 is 0 Å². The van der Waals surface area contributed by atoms with Crippen molar-refractivity contribution in [2.24, 2.45) is 0 Å². The van der Waals surface area contributed by atoms with Crippen LogP contribution in [0.4, 0.5) is 0 Å². The molecule has 0 aromatic rings. The Labute approximate surface area is 226 Å². The molecule has 10 heteroatoms. The number of rotatable bonds is 14. The second-order valence-electron chi connectivity index (χ2n) is 6.30. The Hall–Kier alpha value is 0.259. The maximum absolute atomic E-state index is 10.4. The molecule has 0 fully saturated rings. The van der Waals surface area contributed by atoms with Crippen LogP contribution in [-0.4, -0.2) is 77.5 Å². The van der Waals surface area contributed by atoms with Gasteiger partial charge in [0, 0.05) is 0 Å². The van der Waals surface area contributed by atoms with Crippen LogP contribution >= 0.6 is 37.9 Å². The molecule has 0 saturated carbocycles. The van der Waals surface area contributed by atoms with Gasteiger partial charge in [-0.15, -0.1) is 0 Å².